The number of anilines is 1. The first-order chi connectivity index (χ1) is 12.3. The van der Waals surface area contributed by atoms with Crippen LogP contribution in [-0.4, -0.2) is 19.7 Å². The Bertz CT molecular complexity index is 562. The van der Waals surface area contributed by atoms with Crippen LogP contribution in [0.2, 0.25) is 5.02 Å². The number of halogens is 1. The lowest BCUT2D eigenvalue weighted by Crippen LogP contribution is -2.25. The molecule has 0 spiro atoms. The molecule has 0 bridgehead atoms. The smallest absolute Gasteiger partial charge is 0.114 e. The maximum Gasteiger partial charge on any atom is 0.114 e. The van der Waals surface area contributed by atoms with Gasteiger partial charge in [0.15, 0.2) is 0 Å². The van der Waals surface area contributed by atoms with E-state index in [1.54, 1.807) is 0 Å². The van der Waals surface area contributed by atoms with Gasteiger partial charge in [0.25, 0.3) is 0 Å². The first-order valence-electron chi connectivity index (χ1n) is 9.40. The van der Waals surface area contributed by atoms with Crippen LogP contribution in [-0.2, 0) is 4.74 Å². The van der Waals surface area contributed by atoms with Gasteiger partial charge in [0, 0.05) is 23.8 Å². The van der Waals surface area contributed by atoms with Crippen LogP contribution in [0, 0.1) is 0 Å². The van der Waals surface area contributed by atoms with Crippen LogP contribution in [0.4, 0.5) is 5.69 Å². The van der Waals surface area contributed by atoms with Gasteiger partial charge >= 0.3 is 0 Å². The van der Waals surface area contributed by atoms with Crippen LogP contribution < -0.4 is 4.90 Å². The Morgan fingerprint density at radius 3 is 2.56 bits per heavy atom. The van der Waals surface area contributed by atoms with Crippen molar-refractivity contribution < 1.29 is 4.74 Å². The molecule has 0 aliphatic heterocycles. The average molecular weight is 360 g/mol. The zero-order valence-electron chi connectivity index (χ0n) is 15.1. The maximum atomic E-state index is 6.00. The largest absolute Gasteiger partial charge is 0.494 e. The lowest BCUT2D eigenvalue weighted by atomic mass is 10.1. The molecule has 0 N–H and O–H groups in total. The molecule has 1 aromatic carbocycles. The Labute approximate surface area is 157 Å². The van der Waals surface area contributed by atoms with Gasteiger partial charge in [-0.15, -0.1) is 6.58 Å². The van der Waals surface area contributed by atoms with Crippen LogP contribution in [0.1, 0.15) is 44.9 Å². The molecule has 3 heteroatoms. The molecule has 0 saturated heterocycles. The molecule has 0 heterocycles. The van der Waals surface area contributed by atoms with E-state index < -0.39 is 0 Å². The van der Waals surface area contributed by atoms with Gasteiger partial charge in [-0.2, -0.15) is 0 Å². The Morgan fingerprint density at radius 2 is 1.84 bits per heavy atom. The highest BCUT2D eigenvalue weighted by atomic mass is 35.5. The molecular weight excluding hydrogens is 330 g/mol. The molecular formula is C22H30ClNO. The van der Waals surface area contributed by atoms with Gasteiger partial charge in [0.05, 0.1) is 6.61 Å². The second-order valence-electron chi connectivity index (χ2n) is 6.39. The molecule has 0 atom stereocenters. The van der Waals surface area contributed by atoms with Gasteiger partial charge < -0.3 is 9.64 Å². The van der Waals surface area contributed by atoms with Crippen molar-refractivity contribution in [3.8, 4) is 0 Å². The first-order valence-corrected chi connectivity index (χ1v) is 9.78. The molecule has 0 unspecified atom stereocenters. The van der Waals surface area contributed by atoms with Crippen molar-refractivity contribution in [2.24, 2.45) is 0 Å². The van der Waals surface area contributed by atoms with E-state index in [4.69, 9.17) is 16.3 Å². The van der Waals surface area contributed by atoms with Crippen molar-refractivity contribution >= 4 is 17.3 Å². The summed E-state index contributed by atoms with van der Waals surface area (Å²) in [6.45, 7) is 6.75. The minimum Gasteiger partial charge on any atom is -0.494 e. The third-order valence-corrected chi connectivity index (χ3v) is 4.60. The van der Waals surface area contributed by atoms with E-state index in [0.717, 1.165) is 56.2 Å². The second kappa shape index (κ2) is 11.8. The van der Waals surface area contributed by atoms with Crippen molar-refractivity contribution in [2.75, 3.05) is 24.6 Å². The van der Waals surface area contributed by atoms with Crippen molar-refractivity contribution in [3.05, 3.63) is 65.9 Å². The topological polar surface area (TPSA) is 12.5 Å². The second-order valence-corrected chi connectivity index (χ2v) is 6.83. The molecule has 25 heavy (non-hydrogen) atoms. The molecule has 2 rings (SSSR count). The summed E-state index contributed by atoms with van der Waals surface area (Å²) in [5, 5.41) is 0.787. The predicted molar refractivity (Wildman–Crippen MR) is 109 cm³/mol. The average Bonchev–Trinajstić information content (AvgIpc) is 2.65. The molecule has 0 fully saturated rings. The van der Waals surface area contributed by atoms with Crippen molar-refractivity contribution in [1.29, 1.82) is 0 Å². The molecule has 1 aliphatic rings. The first kappa shape index (κ1) is 19.7. The van der Waals surface area contributed by atoms with E-state index in [1.807, 2.05) is 18.2 Å². The lowest BCUT2D eigenvalue weighted by Gasteiger charge is -2.24. The molecule has 1 aromatic rings. The summed E-state index contributed by atoms with van der Waals surface area (Å²) in [4.78, 5) is 2.42. The molecule has 136 valence electrons. The van der Waals surface area contributed by atoms with Gasteiger partial charge in [-0.05, 0) is 68.5 Å². The van der Waals surface area contributed by atoms with E-state index in [0.29, 0.717) is 0 Å². The van der Waals surface area contributed by atoms with Crippen molar-refractivity contribution in [1.82, 2.24) is 0 Å². The summed E-state index contributed by atoms with van der Waals surface area (Å²) in [6, 6.07) is 8.13. The lowest BCUT2D eigenvalue weighted by molar-refractivity contribution is 0.215. The number of hydrogen-bond acceptors (Lipinski definition) is 2. The summed E-state index contributed by atoms with van der Waals surface area (Å²) in [5.74, 6) is 1.05. The fourth-order valence-electron chi connectivity index (χ4n) is 2.91. The minimum absolute atomic E-state index is 0.787. The summed E-state index contributed by atoms with van der Waals surface area (Å²) in [5.41, 5.74) is 1.24. The molecule has 1 aliphatic carbocycles. The van der Waals surface area contributed by atoms with Gasteiger partial charge in [0.1, 0.15) is 5.76 Å². The third kappa shape index (κ3) is 7.83. The number of benzene rings is 1. The van der Waals surface area contributed by atoms with Crippen LogP contribution in [0.5, 0.6) is 0 Å². The maximum absolute atomic E-state index is 6.00. The number of unbranched alkanes of at least 4 members (excludes halogenated alkanes) is 3. The molecule has 2 nitrogen and oxygen atoms in total. The van der Waals surface area contributed by atoms with E-state index >= 15 is 0 Å². The Balaban J connectivity index is 1.63. The summed E-state index contributed by atoms with van der Waals surface area (Å²) in [6.07, 6.45) is 16.5. The van der Waals surface area contributed by atoms with Crippen LogP contribution >= 0.6 is 11.6 Å². The van der Waals surface area contributed by atoms with Crippen LogP contribution in [0.25, 0.3) is 0 Å². The highest BCUT2D eigenvalue weighted by Crippen LogP contribution is 2.19. The third-order valence-electron chi connectivity index (χ3n) is 4.35. The minimum atomic E-state index is 0.787. The zero-order chi connectivity index (χ0) is 17.7. The van der Waals surface area contributed by atoms with E-state index in [-0.39, 0.29) is 0 Å². The zero-order valence-corrected chi connectivity index (χ0v) is 15.9. The van der Waals surface area contributed by atoms with E-state index in [9.17, 15) is 0 Å². The number of nitrogens with zero attached hydrogens (tertiary/aromatic N) is 1. The number of ether oxygens (including phenoxy) is 1. The van der Waals surface area contributed by atoms with E-state index in [2.05, 4.69) is 41.8 Å². The number of hydrogen-bond donors (Lipinski definition) is 0. The fraction of sp³-hybridized carbons (Fsp3) is 0.455. The molecule has 0 amide bonds. The Kier molecular flexibility index (Phi) is 9.28. The van der Waals surface area contributed by atoms with Gasteiger partial charge in [-0.1, -0.05) is 36.6 Å². The van der Waals surface area contributed by atoms with Gasteiger partial charge in [-0.25, -0.2) is 0 Å². The number of allylic oxidation sites excluding steroid dienone is 3. The van der Waals surface area contributed by atoms with Gasteiger partial charge in [0.2, 0.25) is 0 Å². The Morgan fingerprint density at radius 1 is 1.04 bits per heavy atom. The summed E-state index contributed by atoms with van der Waals surface area (Å²) >= 11 is 6.00. The van der Waals surface area contributed by atoms with Crippen LogP contribution in [0.3, 0.4) is 0 Å². The molecule has 0 aromatic heterocycles. The normalized spacial score (nSPS) is 13.4. The molecule has 0 radical (unpaired) electrons. The predicted octanol–water partition coefficient (Wildman–Crippen LogP) is 6.53. The highest BCUT2D eigenvalue weighted by Gasteiger charge is 2.05. The highest BCUT2D eigenvalue weighted by molar-refractivity contribution is 6.30. The summed E-state index contributed by atoms with van der Waals surface area (Å²) in [7, 11) is 0. The summed E-state index contributed by atoms with van der Waals surface area (Å²) < 4.78 is 5.78. The Hall–Kier alpha value is -1.67. The molecule has 0 saturated carbocycles. The van der Waals surface area contributed by atoms with Crippen molar-refractivity contribution in [2.45, 2.75) is 44.9 Å². The monoisotopic (exact) mass is 359 g/mol. The quantitative estimate of drug-likeness (QED) is 0.310. The van der Waals surface area contributed by atoms with E-state index in [1.165, 1.54) is 24.9 Å². The van der Waals surface area contributed by atoms with Gasteiger partial charge in [-0.3, -0.25) is 0 Å². The van der Waals surface area contributed by atoms with Crippen LogP contribution in [0.15, 0.2) is 60.9 Å². The fourth-order valence-corrected chi connectivity index (χ4v) is 3.04. The van der Waals surface area contributed by atoms with Crippen molar-refractivity contribution in [3.63, 3.8) is 0 Å². The standard InChI is InChI=1S/C22H30ClNO/c1-2-3-17-24(21-15-13-20(23)14-16-21)18-9-4-5-10-19-25-22-11-7-6-8-12-22/h2,7,11-16H,1,3-6,8-10,17-19H2. The SMILES string of the molecule is C=CCCN(CCCCCCOC1=CCCC=C1)c1ccc(Cl)cc1. The number of rotatable bonds is 12.